The second-order valence-electron chi connectivity index (χ2n) is 6.65. The molecule has 1 aliphatic rings. The molecular weight excluding hydrogens is 314 g/mol. The molecule has 126 valence electrons. The summed E-state index contributed by atoms with van der Waals surface area (Å²) in [6.45, 7) is 4.17. The fourth-order valence-electron chi connectivity index (χ4n) is 3.29. The zero-order valence-electron chi connectivity index (χ0n) is 14.5. The highest BCUT2D eigenvalue weighted by Gasteiger charge is 2.14. The average Bonchev–Trinajstić information content (AvgIpc) is 3.02. The monoisotopic (exact) mass is 339 g/mol. The van der Waals surface area contributed by atoms with Crippen molar-refractivity contribution in [3.8, 4) is 0 Å². The predicted octanol–water partition coefficient (Wildman–Crippen LogP) is 4.59. The van der Waals surface area contributed by atoms with E-state index in [-0.39, 0.29) is 11.9 Å². The van der Waals surface area contributed by atoms with Crippen LogP contribution in [-0.2, 0) is 23.4 Å². The molecule has 0 spiro atoms. The van der Waals surface area contributed by atoms with Crippen LogP contribution in [0.15, 0.2) is 42.5 Å². The van der Waals surface area contributed by atoms with Gasteiger partial charge in [-0.3, -0.25) is 4.79 Å². The van der Waals surface area contributed by atoms with Crippen LogP contribution in [-0.4, -0.2) is 11.7 Å². The Kier molecular flexibility index (Phi) is 5.62. The standard InChI is InChI=1S/C21H25NOS/c1-15-5-3-6-17(11-15)13-24-14-21(23)22-16(2)19-10-9-18-7-4-8-20(18)12-19/h3,5-6,9-12,16H,4,7-8,13-14H2,1-2H3,(H,22,23)/t16-/m0/s1. The van der Waals surface area contributed by atoms with E-state index in [9.17, 15) is 4.79 Å². The fourth-order valence-corrected chi connectivity index (χ4v) is 4.08. The number of carbonyl (C=O) groups excluding carboxylic acids is 1. The summed E-state index contributed by atoms with van der Waals surface area (Å²) >= 11 is 1.67. The van der Waals surface area contributed by atoms with Crippen LogP contribution in [0.5, 0.6) is 0 Å². The Bertz CT molecular complexity index is 726. The molecule has 1 N–H and O–H groups in total. The molecule has 0 radical (unpaired) electrons. The maximum absolute atomic E-state index is 12.2. The average molecular weight is 340 g/mol. The summed E-state index contributed by atoms with van der Waals surface area (Å²) in [5.41, 5.74) is 6.70. The first kappa shape index (κ1) is 17.1. The van der Waals surface area contributed by atoms with Crippen LogP contribution >= 0.6 is 11.8 Å². The lowest BCUT2D eigenvalue weighted by Crippen LogP contribution is -2.28. The van der Waals surface area contributed by atoms with Crippen LogP contribution in [0.3, 0.4) is 0 Å². The van der Waals surface area contributed by atoms with Gasteiger partial charge in [0.25, 0.3) is 0 Å². The number of hydrogen-bond acceptors (Lipinski definition) is 2. The molecule has 1 aliphatic carbocycles. The second kappa shape index (κ2) is 7.89. The van der Waals surface area contributed by atoms with Crippen LogP contribution in [0.25, 0.3) is 0 Å². The van der Waals surface area contributed by atoms with E-state index in [4.69, 9.17) is 0 Å². The number of fused-ring (bicyclic) bond motifs is 1. The van der Waals surface area contributed by atoms with Gasteiger partial charge >= 0.3 is 0 Å². The first-order valence-electron chi connectivity index (χ1n) is 8.66. The van der Waals surface area contributed by atoms with Crippen molar-refractivity contribution in [1.29, 1.82) is 0 Å². The normalized spacial score (nSPS) is 14.2. The molecule has 0 unspecified atom stereocenters. The van der Waals surface area contributed by atoms with Crippen molar-refractivity contribution in [2.45, 2.75) is 44.9 Å². The topological polar surface area (TPSA) is 29.1 Å². The van der Waals surface area contributed by atoms with E-state index in [0.29, 0.717) is 5.75 Å². The zero-order valence-corrected chi connectivity index (χ0v) is 15.3. The minimum Gasteiger partial charge on any atom is -0.349 e. The molecule has 3 heteroatoms. The molecule has 1 amide bonds. The molecule has 0 saturated heterocycles. The number of benzene rings is 2. The van der Waals surface area contributed by atoms with E-state index >= 15 is 0 Å². The van der Waals surface area contributed by atoms with E-state index in [0.717, 1.165) is 5.75 Å². The molecule has 3 rings (SSSR count). The molecule has 1 atom stereocenters. The molecule has 2 aromatic rings. The van der Waals surface area contributed by atoms with E-state index < -0.39 is 0 Å². The summed E-state index contributed by atoms with van der Waals surface area (Å²) < 4.78 is 0. The zero-order chi connectivity index (χ0) is 16.9. The van der Waals surface area contributed by atoms with Crippen molar-refractivity contribution in [2.24, 2.45) is 0 Å². The predicted molar refractivity (Wildman–Crippen MR) is 102 cm³/mol. The summed E-state index contributed by atoms with van der Waals surface area (Å²) in [4.78, 5) is 12.2. The van der Waals surface area contributed by atoms with Crippen LogP contribution in [0.4, 0.5) is 0 Å². The van der Waals surface area contributed by atoms with Crippen LogP contribution < -0.4 is 5.32 Å². The van der Waals surface area contributed by atoms with Crippen molar-refractivity contribution in [2.75, 3.05) is 5.75 Å². The van der Waals surface area contributed by atoms with Crippen molar-refractivity contribution >= 4 is 17.7 Å². The van der Waals surface area contributed by atoms with Gasteiger partial charge in [-0.2, -0.15) is 0 Å². The first-order chi connectivity index (χ1) is 11.6. The minimum atomic E-state index is 0.0722. The van der Waals surface area contributed by atoms with Gasteiger partial charge in [0.2, 0.25) is 5.91 Å². The lowest BCUT2D eigenvalue weighted by Gasteiger charge is -2.15. The molecule has 0 aromatic heterocycles. The number of hydrogen-bond donors (Lipinski definition) is 1. The van der Waals surface area contributed by atoms with Crippen molar-refractivity contribution in [1.82, 2.24) is 5.32 Å². The third kappa shape index (κ3) is 4.41. The van der Waals surface area contributed by atoms with Crippen molar-refractivity contribution in [3.05, 3.63) is 70.3 Å². The van der Waals surface area contributed by atoms with Gasteiger partial charge in [-0.15, -0.1) is 11.8 Å². The number of rotatable bonds is 6. The van der Waals surface area contributed by atoms with Gasteiger partial charge in [-0.05, 0) is 55.4 Å². The highest BCUT2D eigenvalue weighted by atomic mass is 32.2. The lowest BCUT2D eigenvalue weighted by atomic mass is 10.0. The highest BCUT2D eigenvalue weighted by Crippen LogP contribution is 2.25. The van der Waals surface area contributed by atoms with E-state index in [1.165, 1.54) is 47.1 Å². The van der Waals surface area contributed by atoms with Gasteiger partial charge < -0.3 is 5.32 Å². The molecule has 24 heavy (non-hydrogen) atoms. The summed E-state index contributed by atoms with van der Waals surface area (Å²) in [6, 6.07) is 15.2. The maximum Gasteiger partial charge on any atom is 0.230 e. The smallest absolute Gasteiger partial charge is 0.230 e. The maximum atomic E-state index is 12.2. The SMILES string of the molecule is Cc1cccc(CSCC(=O)N[C@@H](C)c2ccc3c(c2)CCC3)c1. The van der Waals surface area contributed by atoms with E-state index in [1.807, 2.05) is 0 Å². The van der Waals surface area contributed by atoms with E-state index in [2.05, 4.69) is 61.6 Å². The Morgan fingerprint density at radius 3 is 2.83 bits per heavy atom. The second-order valence-corrected chi connectivity index (χ2v) is 7.64. The third-order valence-electron chi connectivity index (χ3n) is 4.58. The highest BCUT2D eigenvalue weighted by molar-refractivity contribution is 7.99. The molecule has 0 fully saturated rings. The minimum absolute atomic E-state index is 0.0722. The molecule has 0 saturated carbocycles. The molecular formula is C21H25NOS. The van der Waals surface area contributed by atoms with Crippen LogP contribution in [0.2, 0.25) is 0 Å². The number of thioether (sulfide) groups is 1. The Hall–Kier alpha value is -1.74. The van der Waals surface area contributed by atoms with Gasteiger partial charge in [0.15, 0.2) is 0 Å². The Morgan fingerprint density at radius 1 is 1.17 bits per heavy atom. The van der Waals surface area contributed by atoms with Gasteiger partial charge in [0.1, 0.15) is 0 Å². The Balaban J connectivity index is 1.47. The third-order valence-corrected chi connectivity index (χ3v) is 5.59. The quantitative estimate of drug-likeness (QED) is 0.834. The number of aryl methyl sites for hydroxylation is 3. The first-order valence-corrected chi connectivity index (χ1v) is 9.81. The van der Waals surface area contributed by atoms with Crippen LogP contribution in [0.1, 0.15) is 47.2 Å². The van der Waals surface area contributed by atoms with Gasteiger partial charge in [-0.25, -0.2) is 0 Å². The lowest BCUT2D eigenvalue weighted by molar-refractivity contribution is -0.119. The number of carbonyl (C=O) groups is 1. The van der Waals surface area contributed by atoms with Crippen molar-refractivity contribution in [3.63, 3.8) is 0 Å². The Morgan fingerprint density at radius 2 is 2.00 bits per heavy atom. The summed E-state index contributed by atoms with van der Waals surface area (Å²) in [7, 11) is 0. The summed E-state index contributed by atoms with van der Waals surface area (Å²) in [5.74, 6) is 1.49. The Labute approximate surface area is 149 Å². The molecule has 2 aromatic carbocycles. The molecule has 0 aliphatic heterocycles. The number of nitrogens with one attached hydrogen (secondary N) is 1. The van der Waals surface area contributed by atoms with Gasteiger partial charge in [-0.1, -0.05) is 48.0 Å². The summed E-state index contributed by atoms with van der Waals surface area (Å²) in [6.07, 6.45) is 3.64. The molecule has 0 heterocycles. The van der Waals surface area contributed by atoms with Crippen molar-refractivity contribution < 1.29 is 4.79 Å². The van der Waals surface area contributed by atoms with Gasteiger partial charge in [0.05, 0.1) is 11.8 Å². The summed E-state index contributed by atoms with van der Waals surface area (Å²) in [5, 5.41) is 3.13. The largest absolute Gasteiger partial charge is 0.349 e. The number of amides is 1. The fraction of sp³-hybridized carbons (Fsp3) is 0.381. The van der Waals surface area contributed by atoms with E-state index in [1.54, 1.807) is 11.8 Å². The molecule has 0 bridgehead atoms. The van der Waals surface area contributed by atoms with Gasteiger partial charge in [0, 0.05) is 5.75 Å². The van der Waals surface area contributed by atoms with Crippen LogP contribution in [0, 0.1) is 6.92 Å². The molecule has 2 nitrogen and oxygen atoms in total.